The second-order valence-electron chi connectivity index (χ2n) is 6.64. The zero-order valence-corrected chi connectivity index (χ0v) is 17.3. The highest BCUT2D eigenvalue weighted by Crippen LogP contribution is 2.33. The van der Waals surface area contributed by atoms with Crippen LogP contribution in [0.25, 0.3) is 15.2 Å². The van der Waals surface area contributed by atoms with Crippen LogP contribution in [0.2, 0.25) is 0 Å². The summed E-state index contributed by atoms with van der Waals surface area (Å²) in [5.74, 6) is 0.637. The summed E-state index contributed by atoms with van der Waals surface area (Å²) in [4.78, 5) is 30.8. The molecular weight excluding hydrogens is 396 g/mol. The van der Waals surface area contributed by atoms with Gasteiger partial charge in [0.05, 0.1) is 5.69 Å². The van der Waals surface area contributed by atoms with Crippen LogP contribution in [0, 0.1) is 0 Å². The molecule has 0 aliphatic heterocycles. The fraction of sp³-hybridized carbons (Fsp3) is 0.368. The SMILES string of the molecule is CCc1cc2c(SCc3cc(=O)n4c5c(sc4n3)CCCC5)ncnc2s1. The number of hydrogen-bond acceptors (Lipinski definition) is 7. The average molecular weight is 415 g/mol. The van der Waals surface area contributed by atoms with Crippen molar-refractivity contribution in [3.63, 3.8) is 0 Å². The number of rotatable bonds is 4. The van der Waals surface area contributed by atoms with Crippen molar-refractivity contribution in [1.82, 2.24) is 19.4 Å². The fourth-order valence-corrected chi connectivity index (χ4v) is 6.63. The van der Waals surface area contributed by atoms with E-state index in [1.165, 1.54) is 21.9 Å². The van der Waals surface area contributed by atoms with Gasteiger partial charge < -0.3 is 0 Å². The van der Waals surface area contributed by atoms with Crippen molar-refractivity contribution < 1.29 is 0 Å². The first kappa shape index (κ1) is 17.3. The van der Waals surface area contributed by atoms with Gasteiger partial charge in [-0.15, -0.1) is 22.7 Å². The van der Waals surface area contributed by atoms with Gasteiger partial charge in [-0.1, -0.05) is 18.7 Å². The average Bonchev–Trinajstić information content (AvgIpc) is 3.27. The van der Waals surface area contributed by atoms with Gasteiger partial charge in [0.2, 0.25) is 0 Å². The van der Waals surface area contributed by atoms with Crippen molar-refractivity contribution in [3.8, 4) is 0 Å². The van der Waals surface area contributed by atoms with Crippen LogP contribution in [-0.2, 0) is 25.0 Å². The lowest BCUT2D eigenvalue weighted by molar-refractivity contribution is 0.670. The van der Waals surface area contributed by atoms with E-state index in [1.807, 2.05) is 4.40 Å². The number of fused-ring (bicyclic) bond motifs is 4. The number of hydrogen-bond donors (Lipinski definition) is 0. The number of aromatic nitrogens is 4. The number of thiophene rings is 1. The van der Waals surface area contributed by atoms with Crippen molar-refractivity contribution in [1.29, 1.82) is 0 Å². The Labute approximate surface area is 168 Å². The lowest BCUT2D eigenvalue weighted by atomic mass is 10.0. The molecule has 0 N–H and O–H groups in total. The Balaban J connectivity index is 1.47. The quantitative estimate of drug-likeness (QED) is 0.364. The minimum Gasteiger partial charge on any atom is -0.269 e. The van der Waals surface area contributed by atoms with Gasteiger partial charge >= 0.3 is 0 Å². The fourth-order valence-electron chi connectivity index (χ4n) is 3.53. The molecule has 0 amide bonds. The zero-order chi connectivity index (χ0) is 18.4. The van der Waals surface area contributed by atoms with Gasteiger partial charge in [-0.3, -0.25) is 9.20 Å². The van der Waals surface area contributed by atoms with Gasteiger partial charge in [-0.05, 0) is 38.2 Å². The summed E-state index contributed by atoms with van der Waals surface area (Å²) in [6.45, 7) is 2.15. The Hall–Kier alpha value is -1.77. The maximum absolute atomic E-state index is 12.7. The Kier molecular flexibility index (Phi) is 4.49. The molecule has 5 rings (SSSR count). The third-order valence-corrected chi connectivity index (χ3v) is 8.23. The standard InChI is InChI=1S/C19H18N4OS3/c1-2-12-8-13-17(20-10-21-18(13)26-12)25-9-11-7-16(24)23-14-5-3-4-6-15(14)27-19(23)22-11/h7-8,10H,2-6,9H2,1H3. The highest BCUT2D eigenvalue weighted by atomic mass is 32.2. The molecule has 27 heavy (non-hydrogen) atoms. The van der Waals surface area contributed by atoms with Gasteiger partial charge in [0.15, 0.2) is 4.96 Å². The second kappa shape index (κ2) is 7.00. The third-order valence-electron chi connectivity index (χ3n) is 4.86. The lowest BCUT2D eigenvalue weighted by Gasteiger charge is -2.10. The molecular formula is C19H18N4OS3. The molecule has 138 valence electrons. The maximum Gasteiger partial charge on any atom is 0.259 e. The number of thiazole rings is 1. The molecule has 1 aliphatic carbocycles. The Bertz CT molecular complexity index is 1210. The largest absolute Gasteiger partial charge is 0.269 e. The van der Waals surface area contributed by atoms with Crippen molar-refractivity contribution in [3.05, 3.63) is 50.0 Å². The molecule has 4 heterocycles. The van der Waals surface area contributed by atoms with E-state index in [2.05, 4.69) is 23.0 Å². The molecule has 4 aromatic rings. The molecule has 0 saturated carbocycles. The number of nitrogens with zero attached hydrogens (tertiary/aromatic N) is 4. The van der Waals surface area contributed by atoms with E-state index < -0.39 is 0 Å². The Morgan fingerprint density at radius 2 is 2.07 bits per heavy atom. The number of thioether (sulfide) groups is 1. The van der Waals surface area contributed by atoms with Crippen molar-refractivity contribution in [2.75, 3.05) is 0 Å². The predicted octanol–water partition coefficient (Wildman–Crippen LogP) is 4.49. The summed E-state index contributed by atoms with van der Waals surface area (Å²) < 4.78 is 1.82. The molecule has 0 saturated heterocycles. The smallest absolute Gasteiger partial charge is 0.259 e. The summed E-state index contributed by atoms with van der Waals surface area (Å²) in [6, 6.07) is 3.87. The van der Waals surface area contributed by atoms with Crippen molar-refractivity contribution in [2.45, 2.75) is 49.8 Å². The Morgan fingerprint density at radius 3 is 2.96 bits per heavy atom. The molecule has 0 bridgehead atoms. The van der Waals surface area contributed by atoms with E-state index in [1.54, 1.807) is 46.8 Å². The summed E-state index contributed by atoms with van der Waals surface area (Å²) in [6.07, 6.45) is 7.06. The first-order valence-electron chi connectivity index (χ1n) is 9.12. The van der Waals surface area contributed by atoms with Crippen LogP contribution in [0.1, 0.15) is 40.9 Å². The van der Waals surface area contributed by atoms with Gasteiger partial charge in [-0.25, -0.2) is 15.0 Å². The lowest BCUT2D eigenvalue weighted by Crippen LogP contribution is -2.17. The summed E-state index contributed by atoms with van der Waals surface area (Å²) in [5.41, 5.74) is 2.05. The number of aryl methyl sites for hydroxylation is 3. The summed E-state index contributed by atoms with van der Waals surface area (Å²) in [5, 5.41) is 2.07. The van der Waals surface area contributed by atoms with E-state index in [0.717, 1.165) is 51.6 Å². The van der Waals surface area contributed by atoms with E-state index in [9.17, 15) is 4.79 Å². The minimum absolute atomic E-state index is 0.0478. The topological polar surface area (TPSA) is 60.2 Å². The second-order valence-corrected chi connectivity index (χ2v) is 9.78. The predicted molar refractivity (Wildman–Crippen MR) is 112 cm³/mol. The monoisotopic (exact) mass is 414 g/mol. The first-order valence-corrected chi connectivity index (χ1v) is 11.7. The minimum atomic E-state index is 0.0478. The van der Waals surface area contributed by atoms with Crippen LogP contribution in [-0.4, -0.2) is 19.4 Å². The van der Waals surface area contributed by atoms with E-state index in [0.29, 0.717) is 5.75 Å². The van der Waals surface area contributed by atoms with E-state index >= 15 is 0 Å². The van der Waals surface area contributed by atoms with Crippen LogP contribution >= 0.6 is 34.4 Å². The van der Waals surface area contributed by atoms with E-state index in [4.69, 9.17) is 4.98 Å². The maximum atomic E-state index is 12.7. The molecule has 0 fully saturated rings. The van der Waals surface area contributed by atoms with Crippen LogP contribution in [0.3, 0.4) is 0 Å². The van der Waals surface area contributed by atoms with Crippen LogP contribution < -0.4 is 5.56 Å². The molecule has 0 atom stereocenters. The van der Waals surface area contributed by atoms with Gasteiger partial charge in [0.25, 0.3) is 5.56 Å². The van der Waals surface area contributed by atoms with Crippen molar-refractivity contribution in [2.24, 2.45) is 0 Å². The van der Waals surface area contributed by atoms with Crippen LogP contribution in [0.5, 0.6) is 0 Å². The van der Waals surface area contributed by atoms with Gasteiger partial charge in [0, 0.05) is 32.7 Å². The molecule has 0 radical (unpaired) electrons. The summed E-state index contributed by atoms with van der Waals surface area (Å²) >= 11 is 5.03. The van der Waals surface area contributed by atoms with E-state index in [-0.39, 0.29) is 5.56 Å². The Morgan fingerprint density at radius 1 is 1.19 bits per heavy atom. The van der Waals surface area contributed by atoms with Gasteiger partial charge in [-0.2, -0.15) is 0 Å². The molecule has 1 aliphatic rings. The molecule has 4 aromatic heterocycles. The van der Waals surface area contributed by atoms with Crippen molar-refractivity contribution >= 4 is 49.6 Å². The van der Waals surface area contributed by atoms with Crippen LogP contribution in [0.4, 0.5) is 0 Å². The molecule has 0 unspecified atom stereocenters. The highest BCUT2D eigenvalue weighted by Gasteiger charge is 2.18. The van der Waals surface area contributed by atoms with Gasteiger partial charge in [0.1, 0.15) is 16.2 Å². The highest BCUT2D eigenvalue weighted by molar-refractivity contribution is 7.98. The normalized spacial score (nSPS) is 14.1. The molecule has 0 aromatic carbocycles. The first-order chi connectivity index (χ1) is 13.2. The summed E-state index contributed by atoms with van der Waals surface area (Å²) in [7, 11) is 0. The zero-order valence-electron chi connectivity index (χ0n) is 14.9. The molecule has 8 heteroatoms. The molecule has 0 spiro atoms. The third kappa shape index (κ3) is 3.09. The molecule has 5 nitrogen and oxygen atoms in total. The van der Waals surface area contributed by atoms with Crippen LogP contribution in [0.15, 0.2) is 28.3 Å².